The van der Waals surface area contributed by atoms with E-state index in [1.807, 2.05) is 29.1 Å². The Morgan fingerprint density at radius 1 is 1.16 bits per heavy atom. The fourth-order valence-electron chi connectivity index (χ4n) is 3.51. The summed E-state index contributed by atoms with van der Waals surface area (Å²) in [6.45, 7) is 2.17. The summed E-state index contributed by atoms with van der Waals surface area (Å²) in [6, 6.07) is 10.0. The second kappa shape index (κ2) is 7.75. The van der Waals surface area contributed by atoms with E-state index >= 15 is 0 Å². The number of carbonyl (C=O) groups excluding carboxylic acids is 1. The third kappa shape index (κ3) is 4.14. The van der Waals surface area contributed by atoms with Gasteiger partial charge in [-0.05, 0) is 54.4 Å². The molecule has 10 heteroatoms. The molecule has 1 aliphatic heterocycles. The zero-order valence-corrected chi connectivity index (χ0v) is 18.1. The highest BCUT2D eigenvalue weighted by atomic mass is 35.5. The van der Waals surface area contributed by atoms with E-state index in [9.17, 15) is 13.2 Å². The first kappa shape index (κ1) is 21.0. The van der Waals surface area contributed by atoms with Gasteiger partial charge in [-0.1, -0.05) is 11.6 Å². The van der Waals surface area contributed by atoms with Crippen LogP contribution in [0.3, 0.4) is 0 Å². The molecule has 1 amide bonds. The van der Waals surface area contributed by atoms with E-state index in [2.05, 4.69) is 4.99 Å². The predicted octanol–water partition coefficient (Wildman–Crippen LogP) is 2.99. The third-order valence-electron chi connectivity index (χ3n) is 4.81. The molecule has 3 aromatic rings. The summed E-state index contributed by atoms with van der Waals surface area (Å²) in [5.74, 6) is -1.07. The number of rotatable bonds is 3. The van der Waals surface area contributed by atoms with Gasteiger partial charge in [-0.3, -0.25) is 4.79 Å². The average molecular weight is 459 g/mol. The Labute approximate surface area is 184 Å². The molecule has 0 atom stereocenters. The van der Waals surface area contributed by atoms with Gasteiger partial charge in [-0.2, -0.15) is 4.99 Å². The average Bonchev–Trinajstić information content (AvgIpc) is 3.13. The van der Waals surface area contributed by atoms with Crippen molar-refractivity contribution in [2.75, 3.05) is 0 Å². The molecule has 4 N–H and O–H groups in total. The molecule has 0 spiro atoms. The minimum atomic E-state index is -3.85. The fraction of sp³-hybridized carbons (Fsp3) is 0.143. The standard InChI is InChI=1S/C21H19ClN4O4S/c1-12-6-14(20(27)25-21(23)24)9-17-18(12)30-19-15(11-31(17,28)29)7-13(8-16(19)22)10-26-4-2-3-5-26/h2-9H,10-11H2,1H3,(H4,23,24,25,27). The fourth-order valence-corrected chi connectivity index (χ4v) is 5.38. The molecule has 8 nitrogen and oxygen atoms in total. The lowest BCUT2D eigenvalue weighted by Crippen LogP contribution is -2.24. The SMILES string of the molecule is Cc1cc(C(=O)N=C(N)N)cc2c1Oc1c(Cl)cc(Cn3cccc3)cc1CS2(=O)=O. The summed E-state index contributed by atoms with van der Waals surface area (Å²) in [4.78, 5) is 15.6. The summed E-state index contributed by atoms with van der Waals surface area (Å²) < 4.78 is 34.4. The van der Waals surface area contributed by atoms with Crippen LogP contribution in [0.4, 0.5) is 0 Å². The molecule has 1 aromatic heterocycles. The number of halogens is 1. The van der Waals surface area contributed by atoms with Gasteiger partial charge in [-0.15, -0.1) is 0 Å². The number of aryl methyl sites for hydroxylation is 1. The highest BCUT2D eigenvalue weighted by molar-refractivity contribution is 7.90. The number of aliphatic imine (C=N–C) groups is 1. The lowest BCUT2D eigenvalue weighted by molar-refractivity contribution is 0.100. The molecule has 4 rings (SSSR count). The molecule has 2 aromatic carbocycles. The number of aromatic nitrogens is 1. The van der Waals surface area contributed by atoms with Crippen molar-refractivity contribution in [3.05, 3.63) is 76.1 Å². The lowest BCUT2D eigenvalue weighted by Gasteiger charge is -2.14. The number of guanidine groups is 1. The van der Waals surface area contributed by atoms with Gasteiger partial charge < -0.3 is 20.8 Å². The normalized spacial score (nSPS) is 14.0. The van der Waals surface area contributed by atoms with Crippen LogP contribution in [0, 0.1) is 6.92 Å². The number of benzene rings is 2. The number of fused-ring (bicyclic) bond motifs is 2. The summed E-state index contributed by atoms with van der Waals surface area (Å²) in [5, 5.41) is 0.308. The zero-order chi connectivity index (χ0) is 22.3. The molecular formula is C21H19ClN4O4S. The first-order valence-corrected chi connectivity index (χ1v) is 11.3. The Hall–Kier alpha value is -3.30. The number of ether oxygens (including phenoxy) is 1. The van der Waals surface area contributed by atoms with Crippen LogP contribution in [0.1, 0.15) is 27.0 Å². The molecule has 2 heterocycles. The molecule has 0 bridgehead atoms. The smallest absolute Gasteiger partial charge is 0.280 e. The number of hydrogen-bond donors (Lipinski definition) is 2. The Balaban J connectivity index is 1.81. The summed E-state index contributed by atoms with van der Waals surface area (Å²) >= 11 is 6.48. The Kier molecular flexibility index (Phi) is 5.24. The second-order valence-corrected chi connectivity index (χ2v) is 9.61. The summed E-state index contributed by atoms with van der Waals surface area (Å²) in [6.07, 6.45) is 3.81. The Morgan fingerprint density at radius 2 is 1.87 bits per heavy atom. The van der Waals surface area contributed by atoms with Gasteiger partial charge in [0.2, 0.25) is 0 Å². The Bertz CT molecular complexity index is 1330. The van der Waals surface area contributed by atoms with E-state index in [1.165, 1.54) is 12.1 Å². The minimum Gasteiger partial charge on any atom is -0.454 e. The summed E-state index contributed by atoms with van der Waals surface area (Å²) in [7, 11) is -3.85. The molecule has 0 saturated heterocycles. The summed E-state index contributed by atoms with van der Waals surface area (Å²) in [5.41, 5.74) is 12.3. The molecule has 160 valence electrons. The van der Waals surface area contributed by atoms with Gasteiger partial charge in [0, 0.05) is 30.1 Å². The Morgan fingerprint density at radius 3 is 2.55 bits per heavy atom. The maximum absolute atomic E-state index is 13.2. The van der Waals surface area contributed by atoms with Crippen LogP contribution in [-0.2, 0) is 22.1 Å². The van der Waals surface area contributed by atoms with Crippen LogP contribution in [0.15, 0.2) is 58.7 Å². The number of hydrogen-bond acceptors (Lipinski definition) is 4. The van der Waals surface area contributed by atoms with Gasteiger partial charge in [0.1, 0.15) is 16.4 Å². The van der Waals surface area contributed by atoms with Gasteiger partial charge in [-0.25, -0.2) is 8.42 Å². The van der Waals surface area contributed by atoms with Crippen molar-refractivity contribution in [1.29, 1.82) is 0 Å². The van der Waals surface area contributed by atoms with Crippen molar-refractivity contribution in [2.24, 2.45) is 16.5 Å². The van der Waals surface area contributed by atoms with Crippen molar-refractivity contribution < 1.29 is 17.9 Å². The topological polar surface area (TPSA) is 130 Å². The second-order valence-electron chi connectivity index (χ2n) is 7.24. The van der Waals surface area contributed by atoms with Crippen molar-refractivity contribution in [2.45, 2.75) is 24.1 Å². The molecule has 0 radical (unpaired) electrons. The van der Waals surface area contributed by atoms with Gasteiger partial charge in [0.15, 0.2) is 15.8 Å². The van der Waals surface area contributed by atoms with Crippen LogP contribution >= 0.6 is 11.6 Å². The van der Waals surface area contributed by atoms with Crippen LogP contribution in [0.25, 0.3) is 0 Å². The number of nitrogens with zero attached hydrogens (tertiary/aromatic N) is 2. The van der Waals surface area contributed by atoms with Crippen molar-refractivity contribution in [3.63, 3.8) is 0 Å². The number of amides is 1. The van der Waals surface area contributed by atoms with Crippen LogP contribution in [0.2, 0.25) is 5.02 Å². The van der Waals surface area contributed by atoms with E-state index in [0.717, 1.165) is 5.56 Å². The molecule has 0 fully saturated rings. The van der Waals surface area contributed by atoms with Crippen molar-refractivity contribution in [3.8, 4) is 11.5 Å². The number of nitrogens with two attached hydrogens (primary N) is 2. The minimum absolute atomic E-state index is 0.0437. The lowest BCUT2D eigenvalue weighted by atomic mass is 10.1. The zero-order valence-electron chi connectivity index (χ0n) is 16.5. The highest BCUT2D eigenvalue weighted by Gasteiger charge is 2.31. The van der Waals surface area contributed by atoms with E-state index in [4.69, 9.17) is 27.8 Å². The number of carbonyl (C=O) groups is 1. The predicted molar refractivity (Wildman–Crippen MR) is 117 cm³/mol. The first-order chi connectivity index (χ1) is 14.6. The maximum atomic E-state index is 13.2. The van der Waals surface area contributed by atoms with E-state index in [0.29, 0.717) is 22.7 Å². The van der Waals surface area contributed by atoms with Gasteiger partial charge in [0.25, 0.3) is 5.91 Å². The third-order valence-corrected chi connectivity index (χ3v) is 6.76. The van der Waals surface area contributed by atoms with E-state index in [-0.39, 0.29) is 27.7 Å². The van der Waals surface area contributed by atoms with E-state index < -0.39 is 21.7 Å². The van der Waals surface area contributed by atoms with Crippen molar-refractivity contribution >= 4 is 33.3 Å². The van der Waals surface area contributed by atoms with Crippen LogP contribution in [-0.4, -0.2) is 24.9 Å². The van der Waals surface area contributed by atoms with Gasteiger partial charge >= 0.3 is 0 Å². The molecule has 1 aliphatic rings. The monoisotopic (exact) mass is 458 g/mol. The molecule has 0 aliphatic carbocycles. The first-order valence-electron chi connectivity index (χ1n) is 9.25. The van der Waals surface area contributed by atoms with E-state index in [1.54, 1.807) is 19.1 Å². The molecule has 0 saturated carbocycles. The molecule has 0 unspecified atom stereocenters. The highest BCUT2D eigenvalue weighted by Crippen LogP contribution is 2.44. The quantitative estimate of drug-likeness (QED) is 0.458. The largest absolute Gasteiger partial charge is 0.454 e. The van der Waals surface area contributed by atoms with Crippen LogP contribution < -0.4 is 16.2 Å². The van der Waals surface area contributed by atoms with Crippen LogP contribution in [0.5, 0.6) is 11.5 Å². The number of sulfone groups is 1. The molecular weight excluding hydrogens is 440 g/mol. The maximum Gasteiger partial charge on any atom is 0.280 e. The van der Waals surface area contributed by atoms with Gasteiger partial charge in [0.05, 0.1) is 10.8 Å². The van der Waals surface area contributed by atoms with Crippen molar-refractivity contribution in [1.82, 2.24) is 4.57 Å². The molecule has 31 heavy (non-hydrogen) atoms.